The molecule has 4 heteroatoms. The van der Waals surface area contributed by atoms with Crippen LogP contribution in [0.5, 0.6) is 11.5 Å². The van der Waals surface area contributed by atoms with Crippen molar-refractivity contribution < 1.29 is 9.47 Å². The number of rotatable bonds is 5. The van der Waals surface area contributed by atoms with Gasteiger partial charge in [-0.05, 0) is 31.2 Å². The number of halogens is 1. The topological polar surface area (TPSA) is 21.7 Å². The maximum absolute atomic E-state index is 5.69. The third-order valence-corrected chi connectivity index (χ3v) is 3.02. The second kappa shape index (κ2) is 6.12. The molecule has 3 nitrogen and oxygen atoms in total. The molecule has 1 aliphatic heterocycles. The molecule has 0 N–H and O–H groups in total. The first-order chi connectivity index (χ1) is 8.29. The number of ether oxygens (including phenoxy) is 2. The van der Waals surface area contributed by atoms with E-state index in [9.17, 15) is 0 Å². The van der Waals surface area contributed by atoms with Crippen LogP contribution in [0.3, 0.4) is 0 Å². The van der Waals surface area contributed by atoms with E-state index in [1.165, 1.54) is 5.56 Å². The zero-order valence-corrected chi connectivity index (χ0v) is 10.9. The van der Waals surface area contributed by atoms with Crippen molar-refractivity contribution in [1.82, 2.24) is 4.90 Å². The fraction of sp³-hybridized carbons (Fsp3) is 0.538. The lowest BCUT2D eigenvalue weighted by Crippen LogP contribution is -2.23. The van der Waals surface area contributed by atoms with Crippen LogP contribution in [0.25, 0.3) is 0 Å². The summed E-state index contributed by atoms with van der Waals surface area (Å²) < 4.78 is 11.0. The monoisotopic (exact) mass is 255 g/mol. The highest BCUT2D eigenvalue weighted by atomic mass is 35.5. The van der Waals surface area contributed by atoms with Crippen LogP contribution in [0.15, 0.2) is 18.2 Å². The van der Waals surface area contributed by atoms with Gasteiger partial charge >= 0.3 is 0 Å². The SMILES string of the molecule is CN(CCCl)CCc1ccc2c(c1)OCCO2. The maximum Gasteiger partial charge on any atom is 0.161 e. The predicted molar refractivity (Wildman–Crippen MR) is 69.4 cm³/mol. The molecule has 94 valence electrons. The highest BCUT2D eigenvalue weighted by molar-refractivity contribution is 6.18. The van der Waals surface area contributed by atoms with Crippen LogP contribution in [0.4, 0.5) is 0 Å². The van der Waals surface area contributed by atoms with Crippen molar-refractivity contribution in [3.8, 4) is 11.5 Å². The lowest BCUT2D eigenvalue weighted by atomic mass is 10.1. The van der Waals surface area contributed by atoms with Gasteiger partial charge < -0.3 is 14.4 Å². The van der Waals surface area contributed by atoms with Crippen LogP contribution in [0, 0.1) is 0 Å². The fourth-order valence-corrected chi connectivity index (χ4v) is 2.11. The first-order valence-corrected chi connectivity index (χ1v) is 6.46. The van der Waals surface area contributed by atoms with Gasteiger partial charge in [0.1, 0.15) is 13.2 Å². The summed E-state index contributed by atoms with van der Waals surface area (Å²) in [5.41, 5.74) is 1.27. The second-order valence-corrected chi connectivity index (χ2v) is 4.60. The zero-order valence-electron chi connectivity index (χ0n) is 10.1. The average Bonchev–Trinajstić information content (AvgIpc) is 2.36. The number of alkyl halides is 1. The average molecular weight is 256 g/mol. The van der Waals surface area contributed by atoms with E-state index in [1.807, 2.05) is 6.07 Å². The molecule has 0 aromatic heterocycles. The van der Waals surface area contributed by atoms with Crippen LogP contribution in [0.2, 0.25) is 0 Å². The third-order valence-electron chi connectivity index (χ3n) is 2.86. The quantitative estimate of drug-likeness (QED) is 0.753. The van der Waals surface area contributed by atoms with E-state index in [4.69, 9.17) is 21.1 Å². The van der Waals surface area contributed by atoms with E-state index in [1.54, 1.807) is 0 Å². The zero-order chi connectivity index (χ0) is 12.1. The van der Waals surface area contributed by atoms with Crippen molar-refractivity contribution in [3.05, 3.63) is 23.8 Å². The second-order valence-electron chi connectivity index (χ2n) is 4.22. The number of hydrogen-bond donors (Lipinski definition) is 0. The summed E-state index contributed by atoms with van der Waals surface area (Å²) in [6.45, 7) is 3.21. The predicted octanol–water partition coefficient (Wildman–Crippen LogP) is 2.17. The summed E-state index contributed by atoms with van der Waals surface area (Å²) in [5, 5.41) is 0. The van der Waals surface area contributed by atoms with Crippen molar-refractivity contribution in [2.45, 2.75) is 6.42 Å². The van der Waals surface area contributed by atoms with Crippen molar-refractivity contribution in [2.24, 2.45) is 0 Å². The molecule has 0 atom stereocenters. The van der Waals surface area contributed by atoms with Crippen LogP contribution >= 0.6 is 11.6 Å². The first kappa shape index (κ1) is 12.5. The summed E-state index contributed by atoms with van der Waals surface area (Å²) in [6, 6.07) is 6.16. The Morgan fingerprint density at radius 2 is 1.94 bits per heavy atom. The molecule has 1 heterocycles. The number of fused-ring (bicyclic) bond motifs is 1. The van der Waals surface area contributed by atoms with Gasteiger partial charge in [0.05, 0.1) is 0 Å². The Morgan fingerprint density at radius 1 is 1.18 bits per heavy atom. The molecule has 0 saturated carbocycles. The van der Waals surface area contributed by atoms with Crippen molar-refractivity contribution in [2.75, 3.05) is 39.2 Å². The Balaban J connectivity index is 1.93. The van der Waals surface area contributed by atoms with E-state index in [-0.39, 0.29) is 0 Å². The molecule has 0 unspecified atom stereocenters. The first-order valence-electron chi connectivity index (χ1n) is 5.92. The number of hydrogen-bond acceptors (Lipinski definition) is 3. The Kier molecular flexibility index (Phi) is 4.51. The van der Waals surface area contributed by atoms with Crippen molar-refractivity contribution >= 4 is 11.6 Å². The molecule has 1 aromatic rings. The van der Waals surface area contributed by atoms with Crippen molar-refractivity contribution in [3.63, 3.8) is 0 Å². The number of likely N-dealkylation sites (N-methyl/N-ethyl adjacent to an activating group) is 1. The Bertz CT molecular complexity index is 370. The minimum absolute atomic E-state index is 0.641. The lowest BCUT2D eigenvalue weighted by Gasteiger charge is -2.19. The minimum atomic E-state index is 0.641. The minimum Gasteiger partial charge on any atom is -0.486 e. The molecule has 2 rings (SSSR count). The molecule has 1 aromatic carbocycles. The van der Waals surface area contributed by atoms with Crippen LogP contribution < -0.4 is 9.47 Å². The van der Waals surface area contributed by atoms with Gasteiger partial charge in [-0.1, -0.05) is 6.07 Å². The molecule has 1 aliphatic rings. The molecule has 0 saturated heterocycles. The summed E-state index contributed by atoms with van der Waals surface area (Å²) in [7, 11) is 2.08. The molecule has 0 radical (unpaired) electrons. The van der Waals surface area contributed by atoms with Crippen LogP contribution in [0.1, 0.15) is 5.56 Å². The normalized spacial score (nSPS) is 14.1. The van der Waals surface area contributed by atoms with Gasteiger partial charge in [0.15, 0.2) is 11.5 Å². The molecule has 0 fully saturated rings. The van der Waals surface area contributed by atoms with Gasteiger partial charge in [-0.2, -0.15) is 0 Å². The third kappa shape index (κ3) is 3.51. The van der Waals surface area contributed by atoms with E-state index in [2.05, 4.69) is 24.1 Å². The van der Waals surface area contributed by atoms with E-state index in [0.717, 1.165) is 31.0 Å². The Hall–Kier alpha value is -0.930. The van der Waals surface area contributed by atoms with Gasteiger partial charge in [0.25, 0.3) is 0 Å². The number of nitrogens with zero attached hydrogens (tertiary/aromatic N) is 1. The Morgan fingerprint density at radius 3 is 2.71 bits per heavy atom. The molecule has 17 heavy (non-hydrogen) atoms. The Labute approximate surface area is 107 Å². The molecule has 0 bridgehead atoms. The lowest BCUT2D eigenvalue weighted by molar-refractivity contribution is 0.171. The summed E-state index contributed by atoms with van der Waals surface area (Å²) in [6.07, 6.45) is 1.00. The van der Waals surface area contributed by atoms with Gasteiger partial charge in [-0.15, -0.1) is 11.6 Å². The molecular formula is C13H18ClNO2. The highest BCUT2D eigenvalue weighted by Gasteiger charge is 2.11. The van der Waals surface area contributed by atoms with E-state index < -0.39 is 0 Å². The summed E-state index contributed by atoms with van der Waals surface area (Å²) in [4.78, 5) is 2.23. The van der Waals surface area contributed by atoms with Gasteiger partial charge in [-0.3, -0.25) is 0 Å². The van der Waals surface area contributed by atoms with E-state index in [0.29, 0.717) is 19.1 Å². The molecule has 0 amide bonds. The highest BCUT2D eigenvalue weighted by Crippen LogP contribution is 2.30. The number of benzene rings is 1. The van der Waals surface area contributed by atoms with Crippen LogP contribution in [-0.4, -0.2) is 44.1 Å². The van der Waals surface area contributed by atoms with Gasteiger partial charge in [-0.25, -0.2) is 0 Å². The van der Waals surface area contributed by atoms with E-state index >= 15 is 0 Å². The van der Waals surface area contributed by atoms with Crippen LogP contribution in [-0.2, 0) is 6.42 Å². The fourth-order valence-electron chi connectivity index (χ4n) is 1.82. The molecule has 0 aliphatic carbocycles. The van der Waals surface area contributed by atoms with Crippen molar-refractivity contribution in [1.29, 1.82) is 0 Å². The summed E-state index contributed by atoms with van der Waals surface area (Å²) in [5.74, 6) is 2.40. The molecule has 0 spiro atoms. The standard InChI is InChI=1S/C13H18ClNO2/c1-15(7-5-14)6-4-11-2-3-12-13(10-11)17-9-8-16-12/h2-3,10H,4-9H2,1H3. The summed E-state index contributed by atoms with van der Waals surface area (Å²) >= 11 is 5.69. The van der Waals surface area contributed by atoms with Gasteiger partial charge in [0, 0.05) is 19.0 Å². The maximum atomic E-state index is 5.69. The largest absolute Gasteiger partial charge is 0.486 e. The smallest absolute Gasteiger partial charge is 0.161 e. The molecular weight excluding hydrogens is 238 g/mol. The van der Waals surface area contributed by atoms with Gasteiger partial charge in [0.2, 0.25) is 0 Å².